The topological polar surface area (TPSA) is 50.4 Å². The molecule has 18 heavy (non-hydrogen) atoms. The van der Waals surface area contributed by atoms with Crippen LogP contribution >= 0.6 is 11.3 Å². The minimum atomic E-state index is 0.0354. The molecule has 0 radical (unpaired) electrons. The summed E-state index contributed by atoms with van der Waals surface area (Å²) in [5.74, 6) is 0.0354. The maximum absolute atomic E-state index is 11.6. The molecule has 5 heteroatoms. The molecular formula is C13H20N2O2S. The molecule has 2 heterocycles. The van der Waals surface area contributed by atoms with Crippen LogP contribution in [0.4, 0.5) is 0 Å². The Hall–Kier alpha value is -0.910. The molecule has 1 aromatic heterocycles. The van der Waals surface area contributed by atoms with Crippen molar-refractivity contribution in [1.29, 1.82) is 0 Å². The van der Waals surface area contributed by atoms with Crippen molar-refractivity contribution in [1.82, 2.24) is 10.6 Å². The Morgan fingerprint density at radius 1 is 1.67 bits per heavy atom. The van der Waals surface area contributed by atoms with E-state index in [9.17, 15) is 4.79 Å². The van der Waals surface area contributed by atoms with Gasteiger partial charge in [0.1, 0.15) is 0 Å². The van der Waals surface area contributed by atoms with E-state index in [1.807, 2.05) is 17.5 Å². The van der Waals surface area contributed by atoms with Crippen LogP contribution < -0.4 is 10.6 Å². The van der Waals surface area contributed by atoms with Gasteiger partial charge in [-0.05, 0) is 31.2 Å². The lowest BCUT2D eigenvalue weighted by atomic mass is 10.1. The summed E-state index contributed by atoms with van der Waals surface area (Å²) in [6.07, 6.45) is 2.47. The van der Waals surface area contributed by atoms with Gasteiger partial charge in [0, 0.05) is 17.5 Å². The predicted molar refractivity (Wildman–Crippen MR) is 72.6 cm³/mol. The van der Waals surface area contributed by atoms with Crippen molar-refractivity contribution in [2.75, 3.05) is 13.2 Å². The molecule has 2 rings (SSSR count). The standard InChI is InChI=1S/C13H20N2O2S/c1-10(12-5-2-6-17-12)14-9-13(16)15-8-11-4-3-7-18-11/h3-4,7,10,12,14H,2,5-6,8-9H2,1H3,(H,15,16)/t10-,12-/m0/s1. The van der Waals surface area contributed by atoms with Crippen molar-refractivity contribution >= 4 is 17.2 Å². The molecule has 1 saturated heterocycles. The fraction of sp³-hybridized carbons (Fsp3) is 0.615. The van der Waals surface area contributed by atoms with Crippen molar-refractivity contribution in [3.8, 4) is 0 Å². The number of ether oxygens (including phenoxy) is 1. The van der Waals surface area contributed by atoms with Crippen LogP contribution in [0.1, 0.15) is 24.6 Å². The summed E-state index contributed by atoms with van der Waals surface area (Å²) < 4.78 is 5.57. The lowest BCUT2D eigenvalue weighted by molar-refractivity contribution is -0.120. The summed E-state index contributed by atoms with van der Waals surface area (Å²) >= 11 is 1.65. The van der Waals surface area contributed by atoms with Crippen molar-refractivity contribution < 1.29 is 9.53 Å². The Morgan fingerprint density at radius 3 is 3.22 bits per heavy atom. The number of thiophene rings is 1. The fourth-order valence-electron chi connectivity index (χ4n) is 2.04. The molecule has 1 aliphatic heterocycles. The zero-order valence-corrected chi connectivity index (χ0v) is 11.5. The van der Waals surface area contributed by atoms with Crippen LogP contribution in [0.3, 0.4) is 0 Å². The average molecular weight is 268 g/mol. The minimum Gasteiger partial charge on any atom is -0.377 e. The van der Waals surface area contributed by atoms with Crippen LogP contribution in [0.15, 0.2) is 17.5 Å². The number of rotatable bonds is 6. The van der Waals surface area contributed by atoms with Crippen molar-refractivity contribution in [3.63, 3.8) is 0 Å². The van der Waals surface area contributed by atoms with Gasteiger partial charge >= 0.3 is 0 Å². The predicted octanol–water partition coefficient (Wildman–Crippen LogP) is 1.52. The van der Waals surface area contributed by atoms with Gasteiger partial charge in [-0.15, -0.1) is 11.3 Å². The molecule has 1 aromatic rings. The summed E-state index contributed by atoms with van der Waals surface area (Å²) in [5, 5.41) is 8.13. The van der Waals surface area contributed by atoms with Gasteiger partial charge in [-0.1, -0.05) is 6.07 Å². The molecule has 1 aliphatic rings. The molecular weight excluding hydrogens is 248 g/mol. The first kappa shape index (κ1) is 13.5. The Labute approximate surface area is 112 Å². The van der Waals surface area contributed by atoms with E-state index < -0.39 is 0 Å². The summed E-state index contributed by atoms with van der Waals surface area (Å²) in [6.45, 7) is 3.89. The minimum absolute atomic E-state index is 0.0354. The molecule has 2 atom stereocenters. The van der Waals surface area contributed by atoms with Crippen LogP contribution in [0.5, 0.6) is 0 Å². The van der Waals surface area contributed by atoms with Gasteiger partial charge in [0.05, 0.1) is 19.2 Å². The molecule has 0 unspecified atom stereocenters. The molecule has 0 spiro atoms. The molecule has 100 valence electrons. The molecule has 2 N–H and O–H groups in total. The van der Waals surface area contributed by atoms with E-state index in [0.717, 1.165) is 19.4 Å². The molecule has 0 saturated carbocycles. The summed E-state index contributed by atoms with van der Waals surface area (Å²) in [7, 11) is 0. The third kappa shape index (κ3) is 4.08. The van der Waals surface area contributed by atoms with Gasteiger partial charge in [0.25, 0.3) is 0 Å². The Kier molecular flexibility index (Phi) is 5.16. The first-order valence-electron chi connectivity index (χ1n) is 6.40. The van der Waals surface area contributed by atoms with Crippen LogP contribution in [-0.4, -0.2) is 31.2 Å². The van der Waals surface area contributed by atoms with E-state index in [1.54, 1.807) is 11.3 Å². The molecule has 0 aliphatic carbocycles. The lowest BCUT2D eigenvalue weighted by Gasteiger charge is -2.19. The van der Waals surface area contributed by atoms with Gasteiger partial charge in [-0.25, -0.2) is 0 Å². The summed E-state index contributed by atoms with van der Waals surface area (Å²) in [4.78, 5) is 12.8. The first-order chi connectivity index (χ1) is 8.75. The average Bonchev–Trinajstić information content (AvgIpc) is 3.05. The SMILES string of the molecule is C[C@H](NCC(=O)NCc1cccs1)[C@@H]1CCCO1. The fourth-order valence-corrected chi connectivity index (χ4v) is 2.69. The van der Waals surface area contributed by atoms with Crippen molar-refractivity contribution in [3.05, 3.63) is 22.4 Å². The van der Waals surface area contributed by atoms with Gasteiger partial charge < -0.3 is 15.4 Å². The van der Waals surface area contributed by atoms with Gasteiger partial charge in [0.15, 0.2) is 0 Å². The number of carbonyl (C=O) groups excluding carboxylic acids is 1. The number of hydrogen-bond acceptors (Lipinski definition) is 4. The van der Waals surface area contributed by atoms with E-state index in [4.69, 9.17) is 4.74 Å². The second kappa shape index (κ2) is 6.87. The van der Waals surface area contributed by atoms with E-state index in [2.05, 4.69) is 17.6 Å². The number of nitrogens with one attached hydrogen (secondary N) is 2. The van der Waals surface area contributed by atoms with Crippen LogP contribution in [-0.2, 0) is 16.1 Å². The Balaban J connectivity index is 1.62. The Bertz CT molecular complexity index is 361. The maximum atomic E-state index is 11.6. The molecule has 0 bridgehead atoms. The van der Waals surface area contributed by atoms with E-state index in [-0.39, 0.29) is 18.1 Å². The largest absolute Gasteiger partial charge is 0.377 e. The van der Waals surface area contributed by atoms with Crippen LogP contribution in [0, 0.1) is 0 Å². The monoisotopic (exact) mass is 268 g/mol. The first-order valence-corrected chi connectivity index (χ1v) is 7.28. The molecule has 1 amide bonds. The van der Waals surface area contributed by atoms with Gasteiger partial charge in [-0.2, -0.15) is 0 Å². The zero-order chi connectivity index (χ0) is 12.8. The molecule has 1 fully saturated rings. The smallest absolute Gasteiger partial charge is 0.234 e. The Morgan fingerprint density at radius 2 is 2.56 bits per heavy atom. The second-order valence-corrected chi connectivity index (χ2v) is 5.61. The highest BCUT2D eigenvalue weighted by molar-refractivity contribution is 7.09. The van der Waals surface area contributed by atoms with Crippen LogP contribution in [0.25, 0.3) is 0 Å². The quantitative estimate of drug-likeness (QED) is 0.822. The van der Waals surface area contributed by atoms with Gasteiger partial charge in [0.2, 0.25) is 5.91 Å². The summed E-state index contributed by atoms with van der Waals surface area (Å²) in [6, 6.07) is 4.25. The molecule has 0 aromatic carbocycles. The van der Waals surface area contributed by atoms with E-state index >= 15 is 0 Å². The van der Waals surface area contributed by atoms with E-state index in [1.165, 1.54) is 4.88 Å². The van der Waals surface area contributed by atoms with Crippen LogP contribution in [0.2, 0.25) is 0 Å². The van der Waals surface area contributed by atoms with Crippen molar-refractivity contribution in [2.45, 2.75) is 38.5 Å². The van der Waals surface area contributed by atoms with E-state index in [0.29, 0.717) is 13.1 Å². The lowest BCUT2D eigenvalue weighted by Crippen LogP contribution is -2.42. The highest BCUT2D eigenvalue weighted by Crippen LogP contribution is 2.15. The van der Waals surface area contributed by atoms with Crippen molar-refractivity contribution in [2.24, 2.45) is 0 Å². The zero-order valence-electron chi connectivity index (χ0n) is 10.6. The maximum Gasteiger partial charge on any atom is 0.234 e. The third-order valence-electron chi connectivity index (χ3n) is 3.15. The molecule has 4 nitrogen and oxygen atoms in total. The number of hydrogen-bond donors (Lipinski definition) is 2. The highest BCUT2D eigenvalue weighted by Gasteiger charge is 2.22. The second-order valence-electron chi connectivity index (χ2n) is 4.58. The normalized spacial score (nSPS) is 20.8. The number of amides is 1. The summed E-state index contributed by atoms with van der Waals surface area (Å²) in [5.41, 5.74) is 0. The number of carbonyl (C=O) groups is 1. The third-order valence-corrected chi connectivity index (χ3v) is 4.02. The highest BCUT2D eigenvalue weighted by atomic mass is 32.1. The van der Waals surface area contributed by atoms with Gasteiger partial charge in [-0.3, -0.25) is 4.79 Å².